The normalized spacial score (nSPS) is 12.6. The summed E-state index contributed by atoms with van der Waals surface area (Å²) in [7, 11) is 0. The second kappa shape index (κ2) is 8.06. The van der Waals surface area contributed by atoms with Crippen molar-refractivity contribution >= 4 is 32.2 Å². The predicted octanol–water partition coefficient (Wildman–Crippen LogP) is 9.69. The molecular formula is C32H33NS. The van der Waals surface area contributed by atoms with Crippen LogP contribution in [0.1, 0.15) is 58.2 Å². The molecule has 0 aliphatic rings. The zero-order chi connectivity index (χ0) is 24.3. The highest BCUT2D eigenvalue weighted by atomic mass is 32.1. The molecule has 2 aromatic heterocycles. The molecule has 5 rings (SSSR count). The van der Waals surface area contributed by atoms with E-state index in [-0.39, 0.29) is 10.8 Å². The number of aromatic nitrogens is 1. The molecular weight excluding hydrogens is 430 g/mol. The minimum absolute atomic E-state index is 0.0504. The van der Waals surface area contributed by atoms with E-state index in [0.717, 1.165) is 5.69 Å². The summed E-state index contributed by atoms with van der Waals surface area (Å²) < 4.78 is 1.27. The van der Waals surface area contributed by atoms with Gasteiger partial charge < -0.3 is 0 Å². The third-order valence-electron chi connectivity index (χ3n) is 6.81. The van der Waals surface area contributed by atoms with Crippen LogP contribution in [0.15, 0.2) is 72.9 Å². The maximum Gasteiger partial charge on any atom is 0.0880 e. The molecule has 0 saturated carbocycles. The van der Waals surface area contributed by atoms with Crippen LogP contribution in [0.2, 0.25) is 0 Å². The number of benzene rings is 3. The van der Waals surface area contributed by atoms with Crippen LogP contribution in [0, 0.1) is 6.92 Å². The average molecular weight is 464 g/mol. The summed E-state index contributed by atoms with van der Waals surface area (Å²) in [5.41, 5.74) is 7.84. The highest BCUT2D eigenvalue weighted by Crippen LogP contribution is 2.43. The third-order valence-corrected chi connectivity index (χ3v) is 8.17. The minimum Gasteiger partial charge on any atom is -0.255 e. The molecule has 0 atom stereocenters. The number of pyridine rings is 1. The van der Waals surface area contributed by atoms with Crippen LogP contribution in [0.4, 0.5) is 0 Å². The Kier molecular flexibility index (Phi) is 5.41. The molecule has 0 unspecified atom stereocenters. The summed E-state index contributed by atoms with van der Waals surface area (Å²) in [6.07, 6.45) is 1.97. The Hall–Kier alpha value is -2.97. The number of rotatable bonds is 2. The fourth-order valence-corrected chi connectivity index (χ4v) is 6.14. The minimum atomic E-state index is 0.0504. The van der Waals surface area contributed by atoms with Gasteiger partial charge in [0.2, 0.25) is 0 Å². The topological polar surface area (TPSA) is 12.9 Å². The second-order valence-electron chi connectivity index (χ2n) is 11.4. The third kappa shape index (κ3) is 3.95. The van der Waals surface area contributed by atoms with Crippen LogP contribution in [-0.4, -0.2) is 4.98 Å². The number of hydrogen-bond donors (Lipinski definition) is 0. The standard InChI is InChI=1S/C32H33NS/c1-20-25-16-17-33-28(23-18-22-10-8-9-11-26(22)27(19-23)32(5,6)7)30(25)34-29(20)21-12-14-24(15-13-21)31(2,3)4/h8-19H,1-7H3. The molecule has 3 aromatic carbocycles. The van der Waals surface area contributed by atoms with Crippen molar-refractivity contribution in [3.63, 3.8) is 0 Å². The van der Waals surface area contributed by atoms with E-state index in [1.165, 1.54) is 53.6 Å². The molecule has 5 aromatic rings. The Morgan fingerprint density at radius 1 is 0.706 bits per heavy atom. The Bertz CT molecular complexity index is 1510. The van der Waals surface area contributed by atoms with Crippen LogP contribution >= 0.6 is 11.3 Å². The summed E-state index contributed by atoms with van der Waals surface area (Å²) in [5, 5.41) is 3.90. The van der Waals surface area contributed by atoms with E-state index < -0.39 is 0 Å². The first-order valence-electron chi connectivity index (χ1n) is 12.1. The first-order chi connectivity index (χ1) is 16.0. The van der Waals surface area contributed by atoms with E-state index in [0.29, 0.717) is 0 Å². The highest BCUT2D eigenvalue weighted by Gasteiger charge is 2.21. The van der Waals surface area contributed by atoms with Crippen LogP contribution in [0.5, 0.6) is 0 Å². The summed E-state index contributed by atoms with van der Waals surface area (Å²) in [6.45, 7) is 15.9. The molecule has 0 saturated heterocycles. The van der Waals surface area contributed by atoms with Crippen molar-refractivity contribution in [2.45, 2.75) is 59.3 Å². The van der Waals surface area contributed by atoms with Gasteiger partial charge in [0, 0.05) is 16.6 Å². The fourth-order valence-electron chi connectivity index (χ4n) is 4.82. The lowest BCUT2D eigenvalue weighted by atomic mass is 9.82. The smallest absolute Gasteiger partial charge is 0.0880 e. The van der Waals surface area contributed by atoms with Crippen LogP contribution in [0.25, 0.3) is 42.6 Å². The quantitative estimate of drug-likeness (QED) is 0.254. The Labute approximate surface area is 207 Å². The Balaban J connectivity index is 1.70. The summed E-state index contributed by atoms with van der Waals surface area (Å²) in [5.74, 6) is 0. The summed E-state index contributed by atoms with van der Waals surface area (Å²) in [6, 6.07) is 24.7. The van der Waals surface area contributed by atoms with E-state index in [1.54, 1.807) is 0 Å². The molecule has 0 spiro atoms. The van der Waals surface area contributed by atoms with Crippen molar-refractivity contribution in [2.75, 3.05) is 0 Å². The fraction of sp³-hybridized carbons (Fsp3) is 0.281. The maximum absolute atomic E-state index is 4.91. The molecule has 1 nitrogen and oxygen atoms in total. The van der Waals surface area contributed by atoms with Crippen LogP contribution in [0.3, 0.4) is 0 Å². The van der Waals surface area contributed by atoms with E-state index in [1.807, 2.05) is 17.5 Å². The van der Waals surface area contributed by atoms with Gasteiger partial charge in [0.25, 0.3) is 0 Å². The van der Waals surface area contributed by atoms with Crippen molar-refractivity contribution < 1.29 is 0 Å². The van der Waals surface area contributed by atoms with E-state index in [2.05, 4.69) is 115 Å². The molecule has 0 fully saturated rings. The molecule has 0 N–H and O–H groups in total. The van der Waals surface area contributed by atoms with Gasteiger partial charge in [-0.2, -0.15) is 0 Å². The molecule has 0 radical (unpaired) electrons. The van der Waals surface area contributed by atoms with Gasteiger partial charge in [-0.15, -0.1) is 11.3 Å². The zero-order valence-corrected chi connectivity index (χ0v) is 22.1. The SMILES string of the molecule is Cc1c(-c2ccc(C(C)(C)C)cc2)sc2c(-c3cc(C(C)(C)C)c4ccccc4c3)nccc12. The van der Waals surface area contributed by atoms with Crippen molar-refractivity contribution in [3.8, 4) is 21.7 Å². The Morgan fingerprint density at radius 3 is 2.09 bits per heavy atom. The monoisotopic (exact) mass is 463 g/mol. The number of fused-ring (bicyclic) bond motifs is 2. The number of hydrogen-bond acceptors (Lipinski definition) is 2. The molecule has 34 heavy (non-hydrogen) atoms. The lowest BCUT2D eigenvalue weighted by Gasteiger charge is -2.22. The van der Waals surface area contributed by atoms with Gasteiger partial charge in [-0.05, 0) is 74.4 Å². The molecule has 2 heteroatoms. The number of aryl methyl sites for hydroxylation is 1. The first kappa shape index (κ1) is 22.8. The van der Waals surface area contributed by atoms with Crippen molar-refractivity contribution in [1.82, 2.24) is 4.98 Å². The first-order valence-corrected chi connectivity index (χ1v) is 12.9. The van der Waals surface area contributed by atoms with Gasteiger partial charge in [-0.25, -0.2) is 0 Å². The zero-order valence-electron chi connectivity index (χ0n) is 21.3. The Morgan fingerprint density at radius 2 is 1.41 bits per heavy atom. The largest absolute Gasteiger partial charge is 0.255 e. The molecule has 172 valence electrons. The van der Waals surface area contributed by atoms with Gasteiger partial charge in [-0.1, -0.05) is 90.1 Å². The van der Waals surface area contributed by atoms with E-state index in [4.69, 9.17) is 4.98 Å². The number of nitrogens with zero attached hydrogens (tertiary/aromatic N) is 1. The van der Waals surface area contributed by atoms with E-state index in [9.17, 15) is 0 Å². The summed E-state index contributed by atoms with van der Waals surface area (Å²) >= 11 is 1.87. The van der Waals surface area contributed by atoms with E-state index >= 15 is 0 Å². The maximum atomic E-state index is 4.91. The number of thiophene rings is 1. The van der Waals surface area contributed by atoms with Crippen molar-refractivity contribution in [3.05, 3.63) is 89.6 Å². The van der Waals surface area contributed by atoms with Gasteiger partial charge in [0.1, 0.15) is 0 Å². The molecule has 0 bridgehead atoms. The van der Waals surface area contributed by atoms with Gasteiger partial charge in [0.05, 0.1) is 10.4 Å². The average Bonchev–Trinajstić information content (AvgIpc) is 3.14. The second-order valence-corrected chi connectivity index (χ2v) is 12.4. The van der Waals surface area contributed by atoms with Crippen molar-refractivity contribution in [1.29, 1.82) is 0 Å². The predicted molar refractivity (Wildman–Crippen MR) is 150 cm³/mol. The lowest BCUT2D eigenvalue weighted by Crippen LogP contribution is -2.12. The highest BCUT2D eigenvalue weighted by molar-refractivity contribution is 7.23. The molecule has 0 amide bonds. The van der Waals surface area contributed by atoms with Crippen LogP contribution in [-0.2, 0) is 10.8 Å². The summed E-state index contributed by atoms with van der Waals surface area (Å²) in [4.78, 5) is 6.25. The van der Waals surface area contributed by atoms with Gasteiger partial charge in [-0.3, -0.25) is 4.98 Å². The molecule has 0 aliphatic heterocycles. The van der Waals surface area contributed by atoms with Gasteiger partial charge in [0.15, 0.2) is 0 Å². The lowest BCUT2D eigenvalue weighted by molar-refractivity contribution is 0.590. The molecule has 0 aliphatic carbocycles. The van der Waals surface area contributed by atoms with Crippen LogP contribution < -0.4 is 0 Å². The van der Waals surface area contributed by atoms with Gasteiger partial charge >= 0.3 is 0 Å². The van der Waals surface area contributed by atoms with Crippen molar-refractivity contribution in [2.24, 2.45) is 0 Å². The molecule has 2 heterocycles.